The third-order valence-electron chi connectivity index (χ3n) is 6.84. The number of carbonyl (C=O) groups is 1. The highest BCUT2D eigenvalue weighted by Gasteiger charge is 2.28. The number of para-hydroxylation sites is 1. The summed E-state index contributed by atoms with van der Waals surface area (Å²) in [6.45, 7) is 2.69. The van der Waals surface area contributed by atoms with Gasteiger partial charge in [0.2, 0.25) is 5.91 Å². The van der Waals surface area contributed by atoms with Crippen LogP contribution in [-0.4, -0.2) is 60.6 Å². The average Bonchev–Trinajstić information content (AvgIpc) is 3.34. The van der Waals surface area contributed by atoms with Crippen LogP contribution in [0.3, 0.4) is 0 Å². The zero-order valence-electron chi connectivity index (χ0n) is 20.7. The van der Waals surface area contributed by atoms with Gasteiger partial charge in [-0.2, -0.15) is 0 Å². The predicted molar refractivity (Wildman–Crippen MR) is 146 cm³/mol. The molecule has 2 aromatic carbocycles. The van der Waals surface area contributed by atoms with Gasteiger partial charge < -0.3 is 23.7 Å². The third kappa shape index (κ3) is 5.33. The molecule has 0 N–H and O–H groups in total. The number of amides is 1. The van der Waals surface area contributed by atoms with E-state index in [2.05, 4.69) is 9.88 Å². The second-order valence-corrected chi connectivity index (χ2v) is 9.82. The molecule has 9 heteroatoms. The molecule has 0 unspecified atom stereocenters. The summed E-state index contributed by atoms with van der Waals surface area (Å²) in [6.07, 6.45) is 3.91. The summed E-state index contributed by atoms with van der Waals surface area (Å²) in [7, 11) is 3.23. The van der Waals surface area contributed by atoms with Gasteiger partial charge in [0.05, 0.1) is 35.6 Å². The Kier molecular flexibility index (Phi) is 7.44. The molecule has 1 saturated heterocycles. The van der Waals surface area contributed by atoms with Crippen molar-refractivity contribution in [1.29, 1.82) is 0 Å². The van der Waals surface area contributed by atoms with E-state index in [4.69, 9.17) is 32.7 Å². The molecule has 1 aliphatic heterocycles. The Morgan fingerprint density at radius 3 is 2.35 bits per heavy atom. The molecule has 1 aliphatic rings. The van der Waals surface area contributed by atoms with Crippen LogP contribution in [0.4, 0.5) is 5.69 Å². The number of anilines is 1. The van der Waals surface area contributed by atoms with Crippen LogP contribution in [0.15, 0.2) is 67.0 Å². The van der Waals surface area contributed by atoms with Crippen molar-refractivity contribution in [1.82, 2.24) is 14.3 Å². The maximum atomic E-state index is 13.7. The third-order valence-corrected chi connectivity index (χ3v) is 7.38. The van der Waals surface area contributed by atoms with Gasteiger partial charge in [-0.3, -0.25) is 4.79 Å². The van der Waals surface area contributed by atoms with Gasteiger partial charge in [0, 0.05) is 57.0 Å². The summed E-state index contributed by atoms with van der Waals surface area (Å²) in [5, 5.41) is 1.32. The van der Waals surface area contributed by atoms with Crippen molar-refractivity contribution < 1.29 is 14.3 Å². The van der Waals surface area contributed by atoms with Crippen LogP contribution in [0.25, 0.3) is 5.65 Å². The second kappa shape index (κ2) is 10.9. The summed E-state index contributed by atoms with van der Waals surface area (Å²) in [4.78, 5) is 22.4. The summed E-state index contributed by atoms with van der Waals surface area (Å²) < 4.78 is 13.0. The highest BCUT2D eigenvalue weighted by Crippen LogP contribution is 2.35. The Balaban J connectivity index is 1.43. The number of fused-ring (bicyclic) bond motifs is 1. The molecule has 1 atom stereocenters. The minimum Gasteiger partial charge on any atom is -0.497 e. The van der Waals surface area contributed by atoms with E-state index in [0.717, 1.165) is 40.7 Å². The van der Waals surface area contributed by atoms with Gasteiger partial charge in [-0.1, -0.05) is 35.3 Å². The molecule has 3 heterocycles. The summed E-state index contributed by atoms with van der Waals surface area (Å²) in [5.41, 5.74) is 3.54. The van der Waals surface area contributed by atoms with Crippen LogP contribution in [0, 0.1) is 0 Å². The SMILES string of the molecule is COc1cc(OC)cc([C@@H](CC(=O)N2CCN(c3ccccc3Cl)CC2)c2cnc3ccc(Cl)cn23)c1. The first-order chi connectivity index (χ1) is 18.0. The van der Waals surface area contributed by atoms with Crippen molar-refractivity contribution in [2.24, 2.45) is 0 Å². The number of halogens is 2. The zero-order chi connectivity index (χ0) is 25.9. The lowest BCUT2D eigenvalue weighted by Crippen LogP contribution is -2.49. The van der Waals surface area contributed by atoms with Gasteiger partial charge in [-0.25, -0.2) is 4.98 Å². The Labute approximate surface area is 226 Å². The Morgan fingerprint density at radius 1 is 0.973 bits per heavy atom. The normalized spacial score (nSPS) is 14.6. The van der Waals surface area contributed by atoms with Gasteiger partial charge in [0.15, 0.2) is 0 Å². The zero-order valence-corrected chi connectivity index (χ0v) is 22.2. The number of rotatable bonds is 7. The molecule has 1 amide bonds. The van der Waals surface area contributed by atoms with E-state index < -0.39 is 0 Å². The quantitative estimate of drug-likeness (QED) is 0.309. The number of piperazine rings is 1. The molecule has 0 radical (unpaired) electrons. The van der Waals surface area contributed by atoms with Crippen molar-refractivity contribution in [2.45, 2.75) is 12.3 Å². The van der Waals surface area contributed by atoms with Crippen molar-refractivity contribution in [3.05, 3.63) is 88.3 Å². The Morgan fingerprint density at radius 2 is 1.68 bits per heavy atom. The molecular weight excluding hydrogens is 511 g/mol. The Bertz CT molecular complexity index is 1390. The number of hydrogen-bond acceptors (Lipinski definition) is 5. The standard InChI is InChI=1S/C28H28Cl2N4O3/c1-36-21-13-19(14-22(15-21)37-2)23(26-17-31-27-8-7-20(29)18-34(26)27)16-28(35)33-11-9-32(10-12-33)25-6-4-3-5-24(25)30/h3-8,13-15,17-18,23H,9-12,16H2,1-2H3/t23-/m1/s1. The minimum atomic E-state index is -0.286. The molecule has 2 aromatic heterocycles. The fourth-order valence-electron chi connectivity index (χ4n) is 4.86. The summed E-state index contributed by atoms with van der Waals surface area (Å²) >= 11 is 12.7. The first kappa shape index (κ1) is 25.2. The van der Waals surface area contributed by atoms with Gasteiger partial charge in [0.1, 0.15) is 17.1 Å². The molecule has 0 saturated carbocycles. The molecule has 1 fully saturated rings. The highest BCUT2D eigenvalue weighted by molar-refractivity contribution is 6.33. The van der Waals surface area contributed by atoms with Gasteiger partial charge in [0.25, 0.3) is 0 Å². The van der Waals surface area contributed by atoms with E-state index >= 15 is 0 Å². The van der Waals surface area contributed by atoms with E-state index in [1.807, 2.05) is 70.2 Å². The molecule has 5 rings (SSSR count). The number of ether oxygens (including phenoxy) is 2. The van der Waals surface area contributed by atoms with Gasteiger partial charge in [-0.15, -0.1) is 0 Å². The molecule has 37 heavy (non-hydrogen) atoms. The summed E-state index contributed by atoms with van der Waals surface area (Å²) in [5.74, 6) is 1.10. The van der Waals surface area contributed by atoms with Crippen LogP contribution in [-0.2, 0) is 4.79 Å². The summed E-state index contributed by atoms with van der Waals surface area (Å²) in [6, 6.07) is 17.2. The monoisotopic (exact) mass is 538 g/mol. The second-order valence-electron chi connectivity index (χ2n) is 8.98. The van der Waals surface area contributed by atoms with Gasteiger partial charge >= 0.3 is 0 Å². The highest BCUT2D eigenvalue weighted by atomic mass is 35.5. The predicted octanol–water partition coefficient (Wildman–Crippen LogP) is 5.53. The maximum absolute atomic E-state index is 13.7. The van der Waals surface area contributed by atoms with Crippen molar-refractivity contribution >= 4 is 40.4 Å². The lowest BCUT2D eigenvalue weighted by atomic mass is 9.91. The first-order valence-electron chi connectivity index (χ1n) is 12.1. The molecule has 0 aliphatic carbocycles. The van der Waals surface area contributed by atoms with Crippen molar-refractivity contribution in [3.63, 3.8) is 0 Å². The number of hydrogen-bond donors (Lipinski definition) is 0. The minimum absolute atomic E-state index is 0.0718. The lowest BCUT2D eigenvalue weighted by Gasteiger charge is -2.37. The first-order valence-corrected chi connectivity index (χ1v) is 12.8. The van der Waals surface area contributed by atoms with Crippen LogP contribution in [0.2, 0.25) is 10.0 Å². The van der Waals surface area contributed by atoms with Crippen LogP contribution in [0.5, 0.6) is 11.5 Å². The van der Waals surface area contributed by atoms with E-state index in [9.17, 15) is 4.79 Å². The van der Waals surface area contributed by atoms with Crippen LogP contribution in [0.1, 0.15) is 23.6 Å². The number of benzene rings is 2. The topological polar surface area (TPSA) is 59.3 Å². The molecule has 192 valence electrons. The van der Waals surface area contributed by atoms with Crippen LogP contribution >= 0.6 is 23.2 Å². The van der Waals surface area contributed by atoms with Crippen molar-refractivity contribution in [3.8, 4) is 11.5 Å². The number of aromatic nitrogens is 2. The van der Waals surface area contributed by atoms with Crippen LogP contribution < -0.4 is 14.4 Å². The number of nitrogens with zero attached hydrogens (tertiary/aromatic N) is 4. The molecule has 0 bridgehead atoms. The van der Waals surface area contributed by atoms with E-state index in [0.29, 0.717) is 29.6 Å². The molecule has 4 aromatic rings. The fraction of sp³-hybridized carbons (Fsp3) is 0.286. The molecule has 7 nitrogen and oxygen atoms in total. The fourth-order valence-corrected chi connectivity index (χ4v) is 5.28. The van der Waals surface area contributed by atoms with E-state index in [1.165, 1.54) is 0 Å². The van der Waals surface area contributed by atoms with E-state index in [1.54, 1.807) is 20.3 Å². The lowest BCUT2D eigenvalue weighted by molar-refractivity contribution is -0.131. The molecular formula is C28H28Cl2N4O3. The Hall–Kier alpha value is -3.42. The molecule has 0 spiro atoms. The number of carbonyl (C=O) groups excluding carboxylic acids is 1. The van der Waals surface area contributed by atoms with E-state index in [-0.39, 0.29) is 18.2 Å². The maximum Gasteiger partial charge on any atom is 0.223 e. The van der Waals surface area contributed by atoms with Gasteiger partial charge in [-0.05, 0) is 42.0 Å². The number of methoxy groups -OCH3 is 2. The van der Waals surface area contributed by atoms with Crippen molar-refractivity contribution in [2.75, 3.05) is 45.3 Å². The number of imidazole rings is 1. The largest absolute Gasteiger partial charge is 0.497 e. The average molecular weight is 539 g/mol. The smallest absolute Gasteiger partial charge is 0.223 e. The number of pyridine rings is 1.